The second kappa shape index (κ2) is 13.9. The summed E-state index contributed by atoms with van der Waals surface area (Å²) in [5, 5.41) is 16.1. The summed E-state index contributed by atoms with van der Waals surface area (Å²) in [4.78, 5) is 0. The van der Waals surface area contributed by atoms with Crippen LogP contribution >= 0.6 is 0 Å². The molecule has 5 heteroatoms. The van der Waals surface area contributed by atoms with E-state index in [2.05, 4.69) is 244 Å². The highest BCUT2D eigenvalue weighted by molar-refractivity contribution is 6.62. The van der Waals surface area contributed by atoms with E-state index in [4.69, 9.17) is 9.31 Å². The molecule has 9 aromatic carbocycles. The predicted molar refractivity (Wildman–Crippen MR) is 316 cm³/mol. The van der Waals surface area contributed by atoms with E-state index < -0.39 is 6.82 Å². The van der Waals surface area contributed by atoms with Crippen LogP contribution in [0.1, 0.15) is 117 Å². The highest BCUT2D eigenvalue weighted by Gasteiger charge is 2.64. The molecule has 370 valence electrons. The summed E-state index contributed by atoms with van der Waals surface area (Å²) in [5.41, 5.74) is 17.9. The van der Waals surface area contributed by atoms with Gasteiger partial charge in [0, 0.05) is 28.1 Å². The van der Waals surface area contributed by atoms with Gasteiger partial charge in [0.1, 0.15) is 0 Å². The fourth-order valence-electron chi connectivity index (χ4n) is 14.1. The van der Waals surface area contributed by atoms with E-state index in [1.807, 2.05) is 0 Å². The Morgan fingerprint density at radius 1 is 0.395 bits per heavy atom. The summed E-state index contributed by atoms with van der Waals surface area (Å²) in [6.45, 7) is 25.6. The van der Waals surface area contributed by atoms with Gasteiger partial charge in [0.05, 0.1) is 33.1 Å². The molecule has 0 saturated heterocycles. The molecule has 2 aliphatic carbocycles. The van der Waals surface area contributed by atoms with Crippen LogP contribution in [-0.4, -0.2) is 11.3 Å². The lowest BCUT2D eigenvalue weighted by Crippen LogP contribution is -2.86. The zero-order chi connectivity index (χ0) is 52.1. The van der Waals surface area contributed by atoms with Crippen molar-refractivity contribution in [3.8, 4) is 56.3 Å². The second-order valence-corrected chi connectivity index (χ2v) is 26.9. The molecule has 0 bridgehead atoms. The molecule has 0 N–H and O–H groups in total. The monoisotopic (exact) mass is 984 g/mol. The molecule has 0 saturated carbocycles. The first kappa shape index (κ1) is 44.4. The van der Waals surface area contributed by atoms with Gasteiger partial charge in [-0.1, -0.05) is 186 Å². The van der Waals surface area contributed by atoms with Crippen molar-refractivity contribution in [2.45, 2.75) is 105 Å². The molecule has 76 heavy (non-hydrogen) atoms. The number of nitrogens with zero attached hydrogens (tertiary/aromatic N) is 2. The van der Waals surface area contributed by atoms with E-state index >= 15 is 0 Å². The standard InChI is InChI=1S/C71H61BN2O2/c1-68(2,3)45-26-43-28-47(70(7,8)9)36-53-57(43)51(34-45)60-62(53)66-59(38-20-14-13-15-21-38)67-63-54-37-48(71(10,11)12)29-44-27-46(69(4,5)6)35-52(58(44)54)61(63)65-50-31-40-23-17-19-25-42(40)33-56(50)76-72(74(65)67)73(66)64(60)49-30-39-22-16-18-24-41(39)32-55(49)75-72/h13-37H,1-12H3. The Morgan fingerprint density at radius 3 is 1.36 bits per heavy atom. The number of hydrogen-bond acceptors (Lipinski definition) is 2. The molecule has 1 aromatic heterocycles. The van der Waals surface area contributed by atoms with Crippen LogP contribution in [-0.2, 0) is 21.7 Å². The Morgan fingerprint density at radius 2 is 0.829 bits per heavy atom. The molecule has 0 amide bonds. The Kier molecular flexibility index (Phi) is 8.14. The van der Waals surface area contributed by atoms with Gasteiger partial charge in [-0.05, 0) is 163 Å². The minimum absolute atomic E-state index is 0.104. The fourth-order valence-corrected chi connectivity index (χ4v) is 14.1. The molecule has 4 nitrogen and oxygen atoms in total. The Balaban J connectivity index is 1.23. The van der Waals surface area contributed by atoms with Gasteiger partial charge in [0.2, 0.25) is 0 Å². The molecule has 6 aliphatic rings. The van der Waals surface area contributed by atoms with Gasteiger partial charge in [0.25, 0.3) is 0 Å². The van der Waals surface area contributed by atoms with Crippen molar-refractivity contribution in [2.24, 2.45) is 0 Å². The first-order valence-electron chi connectivity index (χ1n) is 27.5. The van der Waals surface area contributed by atoms with Crippen LogP contribution in [0.15, 0.2) is 152 Å². The molecule has 0 radical (unpaired) electrons. The van der Waals surface area contributed by atoms with E-state index in [0.717, 1.165) is 61.4 Å². The Bertz CT molecular complexity index is 4770. The van der Waals surface area contributed by atoms with E-state index in [1.54, 1.807) is 0 Å². The largest absolute Gasteiger partial charge is 0.780 e. The highest BCUT2D eigenvalue weighted by atomic mass is 16.6. The van der Waals surface area contributed by atoms with Crippen molar-refractivity contribution in [3.05, 3.63) is 201 Å². The van der Waals surface area contributed by atoms with Crippen LogP contribution in [0.3, 0.4) is 0 Å². The molecular formula is C71H61BN2O2. The van der Waals surface area contributed by atoms with Gasteiger partial charge < -0.3 is 18.3 Å². The van der Waals surface area contributed by atoms with Crippen LogP contribution in [0.2, 0.25) is 0 Å². The van der Waals surface area contributed by atoms with Crippen molar-refractivity contribution in [1.29, 1.82) is 0 Å². The third-order valence-corrected chi connectivity index (χ3v) is 18.0. The lowest BCUT2D eigenvalue weighted by Gasteiger charge is -2.47. The molecule has 10 aromatic rings. The maximum atomic E-state index is 8.16. The van der Waals surface area contributed by atoms with Crippen LogP contribution in [0.5, 0.6) is 11.5 Å². The van der Waals surface area contributed by atoms with Crippen LogP contribution in [0, 0.1) is 10.4 Å². The van der Waals surface area contributed by atoms with Crippen LogP contribution in [0.25, 0.3) is 104 Å². The number of aromatic nitrogens is 2. The molecule has 0 fully saturated rings. The zero-order valence-electron chi connectivity index (χ0n) is 45.7. The second-order valence-electron chi connectivity index (χ2n) is 26.9. The van der Waals surface area contributed by atoms with Gasteiger partial charge in [-0.15, -0.1) is 0 Å². The first-order chi connectivity index (χ1) is 36.2. The third-order valence-electron chi connectivity index (χ3n) is 18.0. The van der Waals surface area contributed by atoms with Gasteiger partial charge >= 0.3 is 6.82 Å². The summed E-state index contributed by atoms with van der Waals surface area (Å²) in [6.07, 6.45) is 0. The highest BCUT2D eigenvalue weighted by Crippen LogP contribution is 2.61. The summed E-state index contributed by atoms with van der Waals surface area (Å²) in [7, 11) is 0. The lowest BCUT2D eigenvalue weighted by atomic mass is 9.75. The quantitative estimate of drug-likeness (QED) is 0.153. The predicted octanol–water partition coefficient (Wildman–Crippen LogP) is 16.8. The maximum Gasteiger partial charge on any atom is 0.780 e. The molecule has 16 rings (SSSR count). The Hall–Kier alpha value is -7.89. The summed E-state index contributed by atoms with van der Waals surface area (Å²) < 4.78 is 21.5. The zero-order valence-corrected chi connectivity index (χ0v) is 45.7. The minimum atomic E-state index is -2.65. The molecule has 1 atom stereocenters. The van der Waals surface area contributed by atoms with E-state index in [1.165, 1.54) is 104 Å². The average Bonchev–Trinajstić information content (AvgIpc) is 4.06. The van der Waals surface area contributed by atoms with Crippen molar-refractivity contribution in [1.82, 2.24) is 4.48 Å². The number of hydrogen-bond donors (Lipinski definition) is 0. The lowest BCUT2D eigenvalue weighted by molar-refractivity contribution is -0.577. The summed E-state index contributed by atoms with van der Waals surface area (Å²) in [6, 6.07) is 58.2. The average molecular weight is 985 g/mol. The molecule has 1 unspecified atom stereocenters. The number of fused-ring (bicyclic) bond motifs is 15. The number of rotatable bonds is 1. The molecular weight excluding hydrogens is 924 g/mol. The van der Waals surface area contributed by atoms with Gasteiger partial charge in [0.15, 0.2) is 11.0 Å². The fraction of sp³-hybridized carbons (Fsp3) is 0.225. The van der Waals surface area contributed by atoms with Crippen LogP contribution < -0.4 is 19.1 Å². The van der Waals surface area contributed by atoms with Crippen molar-refractivity contribution in [3.63, 3.8) is 0 Å². The Labute approximate surface area is 444 Å². The molecule has 4 aliphatic heterocycles. The first-order valence-corrected chi connectivity index (χ1v) is 27.5. The SMILES string of the molecule is CC(C)(C)c1cc2c3c(cc(C(C)(C)C)cc3c1)-c1c-2c2n3c1-c1cc4ccccc4cc1O[B-]31Oc3cc4ccccc4cc3-c3c4c5cc(C(C)(C)C)cc6cc(C(C)(C)C)cc(c=4c([n+]31)=C2c1ccccc1)c65. The smallest absolute Gasteiger partial charge is 0.601 e. The molecule has 5 heterocycles. The van der Waals surface area contributed by atoms with Crippen LogP contribution in [0.4, 0.5) is 0 Å². The third kappa shape index (κ3) is 5.58. The van der Waals surface area contributed by atoms with Gasteiger partial charge in [-0.2, -0.15) is 0 Å². The maximum absolute atomic E-state index is 8.16. The van der Waals surface area contributed by atoms with Gasteiger partial charge in [-0.3, -0.25) is 0 Å². The topological polar surface area (TPSA) is 27.3 Å². The van der Waals surface area contributed by atoms with Crippen molar-refractivity contribution in [2.75, 3.05) is 0 Å². The van der Waals surface area contributed by atoms with E-state index in [0.29, 0.717) is 0 Å². The number of benzene rings is 9. The normalized spacial score (nSPS) is 16.4. The van der Waals surface area contributed by atoms with Crippen molar-refractivity contribution >= 4 is 66.3 Å². The van der Waals surface area contributed by atoms with E-state index in [9.17, 15) is 0 Å². The van der Waals surface area contributed by atoms with Crippen molar-refractivity contribution < 1.29 is 13.8 Å². The van der Waals surface area contributed by atoms with Gasteiger partial charge in [-0.25, -0.2) is 0 Å². The summed E-state index contributed by atoms with van der Waals surface area (Å²) >= 11 is 0. The molecule has 1 spiro atoms. The minimum Gasteiger partial charge on any atom is -0.601 e. The summed E-state index contributed by atoms with van der Waals surface area (Å²) in [5.74, 6) is 1.66. The van der Waals surface area contributed by atoms with E-state index in [-0.39, 0.29) is 21.7 Å².